The molecule has 1 aromatic carbocycles. The molecule has 2 rings (SSSR count). The highest BCUT2D eigenvalue weighted by Gasteiger charge is 2.26. The molecular weight excluding hydrogens is 283 g/mol. The number of nitrogen functional groups attached to an aromatic ring is 1. The number of halogens is 1. The van der Waals surface area contributed by atoms with Crippen LogP contribution in [-0.4, -0.2) is 39.5 Å². The normalized spacial score (nSPS) is 17.6. The van der Waals surface area contributed by atoms with E-state index in [1.165, 1.54) is 17.4 Å². The highest BCUT2D eigenvalue weighted by Crippen LogP contribution is 2.24. The van der Waals surface area contributed by atoms with Crippen LogP contribution in [0.3, 0.4) is 0 Å². The Morgan fingerprint density at radius 3 is 2.65 bits per heavy atom. The molecule has 5 nitrogen and oxygen atoms in total. The quantitative estimate of drug-likeness (QED) is 0.855. The first-order valence-electron chi connectivity index (χ1n) is 6.50. The van der Waals surface area contributed by atoms with E-state index in [9.17, 15) is 12.8 Å². The summed E-state index contributed by atoms with van der Waals surface area (Å²) in [6, 6.07) is 3.33. The molecule has 2 N–H and O–H groups in total. The summed E-state index contributed by atoms with van der Waals surface area (Å²) in [6.45, 7) is 1.75. The monoisotopic (exact) mass is 302 g/mol. The van der Waals surface area contributed by atoms with Crippen LogP contribution in [0.5, 0.6) is 0 Å². The number of ether oxygens (including phenoxy) is 1. The summed E-state index contributed by atoms with van der Waals surface area (Å²) >= 11 is 0. The molecule has 0 atom stereocenters. The molecule has 0 aliphatic carbocycles. The molecule has 20 heavy (non-hydrogen) atoms. The average molecular weight is 302 g/mol. The van der Waals surface area contributed by atoms with Gasteiger partial charge in [-0.15, -0.1) is 0 Å². The number of sulfonamides is 1. The minimum absolute atomic E-state index is 0.0477. The molecule has 0 radical (unpaired) electrons. The third-order valence-electron chi connectivity index (χ3n) is 3.52. The van der Waals surface area contributed by atoms with Gasteiger partial charge >= 0.3 is 0 Å². The van der Waals surface area contributed by atoms with Crippen LogP contribution >= 0.6 is 0 Å². The predicted molar refractivity (Wildman–Crippen MR) is 74.2 cm³/mol. The van der Waals surface area contributed by atoms with Gasteiger partial charge in [-0.2, -0.15) is 0 Å². The van der Waals surface area contributed by atoms with Gasteiger partial charge in [0.2, 0.25) is 10.0 Å². The van der Waals surface area contributed by atoms with E-state index in [1.54, 1.807) is 0 Å². The summed E-state index contributed by atoms with van der Waals surface area (Å²) in [6.07, 6.45) is 1.69. The van der Waals surface area contributed by atoms with Crippen molar-refractivity contribution in [2.75, 3.05) is 32.5 Å². The van der Waals surface area contributed by atoms with Crippen LogP contribution in [-0.2, 0) is 14.8 Å². The highest BCUT2D eigenvalue weighted by molar-refractivity contribution is 7.89. The van der Waals surface area contributed by atoms with Crippen molar-refractivity contribution in [3.63, 3.8) is 0 Å². The fraction of sp³-hybridized carbons (Fsp3) is 0.538. The van der Waals surface area contributed by atoms with Crippen molar-refractivity contribution in [1.29, 1.82) is 0 Å². The molecular formula is C13H19FN2O3S. The van der Waals surface area contributed by atoms with Crippen molar-refractivity contribution in [3.05, 3.63) is 24.0 Å². The van der Waals surface area contributed by atoms with E-state index in [2.05, 4.69) is 0 Å². The van der Waals surface area contributed by atoms with Gasteiger partial charge in [0.1, 0.15) is 10.7 Å². The Kier molecular flexibility index (Phi) is 4.62. The van der Waals surface area contributed by atoms with Gasteiger partial charge in [-0.3, -0.25) is 0 Å². The Labute approximate surface area is 118 Å². The zero-order valence-electron chi connectivity index (χ0n) is 11.4. The van der Waals surface area contributed by atoms with Gasteiger partial charge in [0, 0.05) is 26.8 Å². The van der Waals surface area contributed by atoms with Crippen molar-refractivity contribution in [2.24, 2.45) is 5.92 Å². The molecule has 7 heteroatoms. The Morgan fingerprint density at radius 1 is 1.40 bits per heavy atom. The van der Waals surface area contributed by atoms with E-state index in [4.69, 9.17) is 10.5 Å². The molecule has 0 amide bonds. The van der Waals surface area contributed by atoms with Crippen LogP contribution < -0.4 is 5.73 Å². The van der Waals surface area contributed by atoms with Gasteiger partial charge in [-0.1, -0.05) is 0 Å². The van der Waals surface area contributed by atoms with Crippen LogP contribution in [0.15, 0.2) is 23.1 Å². The lowest BCUT2D eigenvalue weighted by Crippen LogP contribution is -2.34. The summed E-state index contributed by atoms with van der Waals surface area (Å²) < 4.78 is 44.4. The first kappa shape index (κ1) is 15.2. The zero-order valence-corrected chi connectivity index (χ0v) is 12.2. The molecule has 0 bridgehead atoms. The van der Waals surface area contributed by atoms with Crippen LogP contribution in [0.1, 0.15) is 12.8 Å². The fourth-order valence-electron chi connectivity index (χ4n) is 2.31. The number of hydrogen-bond donors (Lipinski definition) is 1. The second kappa shape index (κ2) is 6.07. The van der Waals surface area contributed by atoms with Crippen LogP contribution in [0.2, 0.25) is 0 Å². The molecule has 0 aromatic heterocycles. The summed E-state index contributed by atoms with van der Waals surface area (Å²) in [7, 11) is -2.16. The van der Waals surface area contributed by atoms with E-state index in [1.807, 2.05) is 0 Å². The van der Waals surface area contributed by atoms with Gasteiger partial charge in [-0.25, -0.2) is 17.1 Å². The minimum atomic E-state index is -3.68. The van der Waals surface area contributed by atoms with Crippen molar-refractivity contribution < 1.29 is 17.5 Å². The molecule has 1 aliphatic heterocycles. The molecule has 0 unspecified atom stereocenters. The first-order valence-corrected chi connectivity index (χ1v) is 7.94. The van der Waals surface area contributed by atoms with E-state index in [-0.39, 0.29) is 16.5 Å². The summed E-state index contributed by atoms with van der Waals surface area (Å²) in [5.41, 5.74) is 5.55. The first-order chi connectivity index (χ1) is 9.41. The van der Waals surface area contributed by atoms with Crippen molar-refractivity contribution >= 4 is 15.7 Å². The Balaban J connectivity index is 2.16. The maximum Gasteiger partial charge on any atom is 0.244 e. The predicted octanol–water partition coefficient (Wildman–Crippen LogP) is 1.45. The summed E-state index contributed by atoms with van der Waals surface area (Å²) in [5, 5.41) is 0. The fourth-order valence-corrected chi connectivity index (χ4v) is 3.65. The topological polar surface area (TPSA) is 72.6 Å². The maximum atomic E-state index is 13.0. The Bertz CT molecular complexity index is 571. The Hall–Kier alpha value is -1.18. The maximum absolute atomic E-state index is 13.0. The lowest BCUT2D eigenvalue weighted by Gasteiger charge is -2.27. The molecule has 0 spiro atoms. The molecule has 0 saturated carbocycles. The molecule has 1 heterocycles. The molecule has 1 fully saturated rings. The smallest absolute Gasteiger partial charge is 0.244 e. The summed E-state index contributed by atoms with van der Waals surface area (Å²) in [5.74, 6) is -0.265. The van der Waals surface area contributed by atoms with Gasteiger partial charge in [0.05, 0.1) is 5.69 Å². The van der Waals surface area contributed by atoms with E-state index in [0.717, 1.165) is 25.0 Å². The van der Waals surface area contributed by atoms with Crippen molar-refractivity contribution in [3.8, 4) is 0 Å². The lowest BCUT2D eigenvalue weighted by molar-refractivity contribution is 0.0620. The van der Waals surface area contributed by atoms with Gasteiger partial charge < -0.3 is 10.5 Å². The lowest BCUT2D eigenvalue weighted by atomic mass is 10.0. The van der Waals surface area contributed by atoms with Gasteiger partial charge in [0.25, 0.3) is 0 Å². The SMILES string of the molecule is CN(CC1CCOCC1)S(=O)(=O)c1ccc(F)cc1N. The van der Waals surface area contributed by atoms with E-state index >= 15 is 0 Å². The standard InChI is InChI=1S/C13H19FN2O3S/c1-16(9-10-4-6-19-7-5-10)20(17,18)13-3-2-11(14)8-12(13)15/h2-3,8,10H,4-7,9,15H2,1H3. The third-order valence-corrected chi connectivity index (χ3v) is 5.41. The number of benzene rings is 1. The van der Waals surface area contributed by atoms with Gasteiger partial charge in [-0.05, 0) is 37.0 Å². The molecule has 112 valence electrons. The third kappa shape index (κ3) is 3.28. The average Bonchev–Trinajstić information content (AvgIpc) is 2.39. The number of nitrogens with two attached hydrogens (primary N) is 1. The largest absolute Gasteiger partial charge is 0.398 e. The van der Waals surface area contributed by atoms with E-state index in [0.29, 0.717) is 19.8 Å². The zero-order chi connectivity index (χ0) is 14.8. The molecule has 1 aliphatic rings. The number of anilines is 1. The van der Waals surface area contributed by atoms with Crippen LogP contribution in [0.4, 0.5) is 10.1 Å². The molecule has 1 saturated heterocycles. The summed E-state index contributed by atoms with van der Waals surface area (Å²) in [4.78, 5) is -0.0477. The van der Waals surface area contributed by atoms with Crippen LogP contribution in [0, 0.1) is 11.7 Å². The number of nitrogens with zero attached hydrogens (tertiary/aromatic N) is 1. The van der Waals surface area contributed by atoms with Gasteiger partial charge in [0.15, 0.2) is 0 Å². The Morgan fingerprint density at radius 2 is 2.05 bits per heavy atom. The second-order valence-electron chi connectivity index (χ2n) is 5.02. The number of rotatable bonds is 4. The van der Waals surface area contributed by atoms with E-state index < -0.39 is 15.8 Å². The highest BCUT2D eigenvalue weighted by atomic mass is 32.2. The second-order valence-corrected chi connectivity index (χ2v) is 7.04. The molecule has 1 aromatic rings. The van der Waals surface area contributed by atoms with Crippen LogP contribution in [0.25, 0.3) is 0 Å². The number of hydrogen-bond acceptors (Lipinski definition) is 4. The van der Waals surface area contributed by atoms with Crippen molar-refractivity contribution in [1.82, 2.24) is 4.31 Å². The minimum Gasteiger partial charge on any atom is -0.398 e. The van der Waals surface area contributed by atoms with Crippen molar-refractivity contribution in [2.45, 2.75) is 17.7 Å².